The summed E-state index contributed by atoms with van der Waals surface area (Å²) in [6, 6.07) is 12.4. The van der Waals surface area contributed by atoms with Crippen LogP contribution < -0.4 is 20.1 Å². The number of carbonyl (C=O) groups is 3. The number of hydrogen-bond donors (Lipinski definition) is 3. The van der Waals surface area contributed by atoms with E-state index in [0.29, 0.717) is 22.6 Å². The number of benzene rings is 2. The van der Waals surface area contributed by atoms with E-state index >= 15 is 0 Å². The van der Waals surface area contributed by atoms with Crippen molar-refractivity contribution in [3.05, 3.63) is 65.4 Å². The average Bonchev–Trinajstić information content (AvgIpc) is 3.19. The van der Waals surface area contributed by atoms with Crippen molar-refractivity contribution in [1.29, 1.82) is 0 Å². The molecule has 1 heterocycles. The Morgan fingerprint density at radius 1 is 1.03 bits per heavy atom. The molecule has 0 fully saturated rings. The van der Waals surface area contributed by atoms with Gasteiger partial charge in [0.05, 0.1) is 0 Å². The highest BCUT2D eigenvalue weighted by atomic mass is 16.7. The molecule has 2 aromatic rings. The molecule has 0 spiro atoms. The lowest BCUT2D eigenvalue weighted by molar-refractivity contribution is -0.142. The Kier molecular flexibility index (Phi) is 6.36. The van der Waals surface area contributed by atoms with Crippen LogP contribution in [0, 0.1) is 5.92 Å². The van der Waals surface area contributed by atoms with Crippen molar-refractivity contribution in [2.75, 3.05) is 6.79 Å². The molecule has 3 rings (SSSR count). The SMILES string of the molecule is CC(C)[C@@H](NC(=O)/C(=C/c1ccc2c(c1)OCO2)NC(=O)c1ccccc1)C(=O)O. The highest BCUT2D eigenvalue weighted by molar-refractivity contribution is 6.06. The molecule has 0 saturated heterocycles. The first kappa shape index (κ1) is 20.9. The predicted octanol–water partition coefficient (Wildman–Crippen LogP) is 2.41. The second kappa shape index (κ2) is 9.13. The smallest absolute Gasteiger partial charge is 0.326 e. The fraction of sp³-hybridized carbons (Fsp3) is 0.227. The molecule has 1 atom stereocenters. The van der Waals surface area contributed by atoms with Crippen molar-refractivity contribution < 1.29 is 29.0 Å². The Morgan fingerprint density at radius 3 is 2.40 bits per heavy atom. The number of hydrogen-bond acceptors (Lipinski definition) is 5. The summed E-state index contributed by atoms with van der Waals surface area (Å²) in [6.07, 6.45) is 1.46. The Bertz CT molecular complexity index is 984. The summed E-state index contributed by atoms with van der Waals surface area (Å²) in [4.78, 5) is 36.9. The monoisotopic (exact) mass is 410 g/mol. The first-order chi connectivity index (χ1) is 14.3. The summed E-state index contributed by atoms with van der Waals surface area (Å²) >= 11 is 0. The van der Waals surface area contributed by atoms with Gasteiger partial charge >= 0.3 is 5.97 Å². The fourth-order valence-electron chi connectivity index (χ4n) is 2.84. The van der Waals surface area contributed by atoms with Crippen LogP contribution in [0.4, 0.5) is 0 Å². The topological polar surface area (TPSA) is 114 Å². The number of carbonyl (C=O) groups excluding carboxylic acids is 2. The van der Waals surface area contributed by atoms with Crippen LogP contribution >= 0.6 is 0 Å². The van der Waals surface area contributed by atoms with Crippen molar-refractivity contribution in [3.63, 3.8) is 0 Å². The van der Waals surface area contributed by atoms with E-state index in [9.17, 15) is 19.5 Å². The number of fused-ring (bicyclic) bond motifs is 1. The van der Waals surface area contributed by atoms with E-state index in [1.807, 2.05) is 0 Å². The number of nitrogens with one attached hydrogen (secondary N) is 2. The number of carboxylic acid groups (broad SMARTS) is 1. The van der Waals surface area contributed by atoms with E-state index < -0.39 is 23.8 Å². The maximum absolute atomic E-state index is 12.9. The Morgan fingerprint density at radius 2 is 1.73 bits per heavy atom. The van der Waals surface area contributed by atoms with E-state index in [4.69, 9.17) is 9.47 Å². The first-order valence-electron chi connectivity index (χ1n) is 9.36. The Hall–Kier alpha value is -3.81. The van der Waals surface area contributed by atoms with Gasteiger partial charge in [-0.25, -0.2) is 4.79 Å². The summed E-state index contributed by atoms with van der Waals surface area (Å²) in [5.74, 6) is -1.61. The van der Waals surface area contributed by atoms with Crippen LogP contribution in [-0.2, 0) is 9.59 Å². The van der Waals surface area contributed by atoms with E-state index in [-0.39, 0.29) is 18.4 Å². The van der Waals surface area contributed by atoms with Gasteiger partial charge in [-0.2, -0.15) is 0 Å². The standard InChI is InChI=1S/C22H22N2O6/c1-13(2)19(22(27)28)24-21(26)16(23-20(25)15-6-4-3-5-7-15)10-14-8-9-17-18(11-14)30-12-29-17/h3-11,13,19H,12H2,1-2H3,(H,23,25)(H,24,26)(H,27,28)/b16-10-/t19-/m1/s1. The second-order valence-electron chi connectivity index (χ2n) is 7.02. The molecule has 0 aromatic heterocycles. The van der Waals surface area contributed by atoms with Crippen LogP contribution in [0.15, 0.2) is 54.2 Å². The molecule has 1 aliphatic heterocycles. The number of carboxylic acids is 1. The lowest BCUT2D eigenvalue weighted by Gasteiger charge is -2.19. The summed E-state index contributed by atoms with van der Waals surface area (Å²) < 4.78 is 10.6. The molecule has 2 amide bonds. The molecule has 0 aliphatic carbocycles. The fourth-order valence-corrected chi connectivity index (χ4v) is 2.84. The number of aliphatic carboxylic acids is 1. The molecule has 0 saturated carbocycles. The molecular weight excluding hydrogens is 388 g/mol. The van der Waals surface area contributed by atoms with Gasteiger partial charge in [0.15, 0.2) is 11.5 Å². The number of ether oxygens (including phenoxy) is 2. The third-order valence-corrected chi connectivity index (χ3v) is 4.46. The van der Waals surface area contributed by atoms with Crippen LogP contribution in [0.25, 0.3) is 6.08 Å². The average molecular weight is 410 g/mol. The van der Waals surface area contributed by atoms with Gasteiger partial charge in [0.2, 0.25) is 6.79 Å². The van der Waals surface area contributed by atoms with Gasteiger partial charge in [0.1, 0.15) is 11.7 Å². The summed E-state index contributed by atoms with van der Waals surface area (Å²) in [5, 5.41) is 14.4. The molecule has 8 heteroatoms. The third kappa shape index (κ3) is 4.96. The van der Waals surface area contributed by atoms with Gasteiger partial charge in [-0.1, -0.05) is 38.1 Å². The largest absolute Gasteiger partial charge is 0.480 e. The molecule has 8 nitrogen and oxygen atoms in total. The quantitative estimate of drug-likeness (QED) is 0.604. The molecule has 0 unspecified atom stereocenters. The van der Waals surface area contributed by atoms with E-state index in [1.165, 1.54) is 6.08 Å². The minimum absolute atomic E-state index is 0.0883. The van der Waals surface area contributed by atoms with Gasteiger partial charge in [0.25, 0.3) is 11.8 Å². The zero-order valence-electron chi connectivity index (χ0n) is 16.5. The third-order valence-electron chi connectivity index (χ3n) is 4.46. The lowest BCUT2D eigenvalue weighted by atomic mass is 10.0. The van der Waals surface area contributed by atoms with E-state index in [1.54, 1.807) is 62.4 Å². The van der Waals surface area contributed by atoms with E-state index in [0.717, 1.165) is 0 Å². The van der Waals surface area contributed by atoms with Crippen molar-refractivity contribution in [2.24, 2.45) is 5.92 Å². The minimum Gasteiger partial charge on any atom is -0.480 e. The summed E-state index contributed by atoms with van der Waals surface area (Å²) in [6.45, 7) is 3.47. The van der Waals surface area contributed by atoms with Crippen LogP contribution in [0.2, 0.25) is 0 Å². The minimum atomic E-state index is -1.16. The number of rotatable bonds is 7. The first-order valence-corrected chi connectivity index (χ1v) is 9.36. The number of amides is 2. The maximum Gasteiger partial charge on any atom is 0.326 e. The van der Waals surface area contributed by atoms with Gasteiger partial charge < -0.3 is 25.2 Å². The van der Waals surface area contributed by atoms with Gasteiger partial charge in [-0.15, -0.1) is 0 Å². The van der Waals surface area contributed by atoms with Gasteiger partial charge in [-0.05, 0) is 41.8 Å². The van der Waals surface area contributed by atoms with Crippen LogP contribution in [-0.4, -0.2) is 35.7 Å². The lowest BCUT2D eigenvalue weighted by Crippen LogP contribution is -2.47. The molecular formula is C22H22N2O6. The second-order valence-corrected chi connectivity index (χ2v) is 7.02. The van der Waals surface area contributed by atoms with Crippen molar-refractivity contribution in [2.45, 2.75) is 19.9 Å². The molecule has 2 aromatic carbocycles. The molecule has 0 radical (unpaired) electrons. The van der Waals surface area contributed by atoms with E-state index in [2.05, 4.69) is 10.6 Å². The molecule has 30 heavy (non-hydrogen) atoms. The highest BCUT2D eigenvalue weighted by Gasteiger charge is 2.26. The zero-order valence-corrected chi connectivity index (χ0v) is 16.5. The van der Waals surface area contributed by atoms with Gasteiger partial charge in [-0.3, -0.25) is 9.59 Å². The molecule has 3 N–H and O–H groups in total. The van der Waals surface area contributed by atoms with Gasteiger partial charge in [0, 0.05) is 5.56 Å². The van der Waals surface area contributed by atoms with Crippen LogP contribution in [0.3, 0.4) is 0 Å². The molecule has 1 aliphatic rings. The zero-order chi connectivity index (χ0) is 21.7. The van der Waals surface area contributed by atoms with Crippen molar-refractivity contribution in [1.82, 2.24) is 10.6 Å². The van der Waals surface area contributed by atoms with Crippen LogP contribution in [0.1, 0.15) is 29.8 Å². The summed E-state index contributed by atoms with van der Waals surface area (Å²) in [7, 11) is 0. The molecule has 0 bridgehead atoms. The van der Waals surface area contributed by atoms with Crippen molar-refractivity contribution in [3.8, 4) is 11.5 Å². The van der Waals surface area contributed by atoms with Crippen molar-refractivity contribution >= 4 is 23.9 Å². The van der Waals surface area contributed by atoms with Crippen LogP contribution in [0.5, 0.6) is 11.5 Å². The highest BCUT2D eigenvalue weighted by Crippen LogP contribution is 2.33. The maximum atomic E-state index is 12.9. The Labute approximate surface area is 173 Å². The normalized spacial score (nSPS) is 13.6. The predicted molar refractivity (Wildman–Crippen MR) is 109 cm³/mol. The molecule has 156 valence electrons. The summed E-state index contributed by atoms with van der Waals surface area (Å²) in [5.41, 5.74) is 0.851. The Balaban J connectivity index is 1.90.